The number of anilines is 1. The number of aliphatic hydroxyl groups is 3. The van der Waals surface area contributed by atoms with Crippen molar-refractivity contribution in [1.82, 2.24) is 9.88 Å². The van der Waals surface area contributed by atoms with Gasteiger partial charge in [-0.05, 0) is 36.8 Å². The number of carbonyl (C=O) groups excluding carboxylic acids is 1. The van der Waals surface area contributed by atoms with Crippen molar-refractivity contribution >= 4 is 11.6 Å². The molecule has 2 fully saturated rings. The Morgan fingerprint density at radius 3 is 2.71 bits per heavy atom. The van der Waals surface area contributed by atoms with E-state index >= 15 is 0 Å². The van der Waals surface area contributed by atoms with E-state index in [0.29, 0.717) is 18.0 Å². The van der Waals surface area contributed by atoms with Crippen molar-refractivity contribution < 1.29 is 29.6 Å². The van der Waals surface area contributed by atoms with Crippen molar-refractivity contribution in [2.45, 2.75) is 44.5 Å². The molecule has 9 heteroatoms. The number of methoxy groups -OCH3 is 1. The fraction of sp³-hybridized carbons (Fsp3) is 0.538. The number of hydrogen-bond donors (Lipinski definition) is 3. The maximum Gasteiger partial charge on any atom is 0.253 e. The maximum absolute atomic E-state index is 12.6. The van der Waals surface area contributed by atoms with Gasteiger partial charge in [0.2, 0.25) is 0 Å². The second-order valence-electron chi connectivity index (χ2n) is 9.75. The Kier molecular flexibility index (Phi) is 7.49. The molecule has 2 aliphatic heterocycles. The third-order valence-corrected chi connectivity index (χ3v) is 7.49. The van der Waals surface area contributed by atoms with Crippen LogP contribution in [0.4, 0.5) is 5.69 Å². The quantitative estimate of drug-likeness (QED) is 0.514. The molecule has 1 amide bonds. The highest BCUT2D eigenvalue weighted by Crippen LogP contribution is 2.47. The fourth-order valence-corrected chi connectivity index (χ4v) is 5.16. The van der Waals surface area contributed by atoms with E-state index in [4.69, 9.17) is 9.47 Å². The third-order valence-electron chi connectivity index (χ3n) is 7.49. The third kappa shape index (κ3) is 5.07. The predicted molar refractivity (Wildman–Crippen MR) is 131 cm³/mol. The van der Waals surface area contributed by atoms with Crippen molar-refractivity contribution in [3.63, 3.8) is 0 Å². The Hall–Kier alpha value is -2.88. The molecule has 0 saturated carbocycles. The second-order valence-corrected chi connectivity index (χ2v) is 9.75. The van der Waals surface area contributed by atoms with Crippen LogP contribution in [-0.2, 0) is 4.79 Å². The molecule has 190 valence electrons. The lowest BCUT2D eigenvalue weighted by Crippen LogP contribution is -2.42. The van der Waals surface area contributed by atoms with Crippen LogP contribution in [-0.4, -0.2) is 89.3 Å². The Morgan fingerprint density at radius 1 is 1.26 bits per heavy atom. The molecule has 4 rings (SSSR count). The number of rotatable bonds is 8. The number of amides is 1. The van der Waals surface area contributed by atoms with Crippen LogP contribution >= 0.6 is 0 Å². The number of likely N-dealkylation sites (tertiary alicyclic amines) is 1. The first-order valence-corrected chi connectivity index (χ1v) is 12.0. The summed E-state index contributed by atoms with van der Waals surface area (Å²) in [6.07, 6.45) is 2.27. The molecular weight excluding hydrogens is 450 g/mol. The first kappa shape index (κ1) is 25.2. The van der Waals surface area contributed by atoms with Crippen molar-refractivity contribution in [2.24, 2.45) is 5.41 Å². The van der Waals surface area contributed by atoms with Gasteiger partial charge in [0.25, 0.3) is 5.91 Å². The van der Waals surface area contributed by atoms with Gasteiger partial charge in [0, 0.05) is 43.6 Å². The Balaban J connectivity index is 1.56. The summed E-state index contributed by atoms with van der Waals surface area (Å²) >= 11 is 0. The lowest BCUT2D eigenvalue weighted by atomic mass is 9.72. The van der Waals surface area contributed by atoms with Gasteiger partial charge in [0.15, 0.2) is 17.6 Å². The standard InChI is InChI=1S/C26H35N3O6/c1-17(31)26(2)16-29(25(33)22(32)15-30)14-21(26)18-6-7-23(34-3)24(11-18)35-20-8-10-28(13-20)19-5-4-9-27-12-19/h4-7,9,11-12,17,20-22,30-32H,8,10,13-16H2,1-3H3/t17-,20?,21+,22+,26+/m1/s1. The summed E-state index contributed by atoms with van der Waals surface area (Å²) in [7, 11) is 1.60. The number of hydrogen-bond acceptors (Lipinski definition) is 8. The molecule has 0 bridgehead atoms. The molecule has 2 aliphatic rings. The average molecular weight is 486 g/mol. The van der Waals surface area contributed by atoms with Crippen molar-refractivity contribution in [3.8, 4) is 11.5 Å². The number of nitrogens with zero attached hydrogens (tertiary/aromatic N) is 3. The molecule has 2 aromatic rings. The van der Waals surface area contributed by atoms with Crippen LogP contribution in [0.1, 0.15) is 31.7 Å². The fourth-order valence-electron chi connectivity index (χ4n) is 5.16. The van der Waals surface area contributed by atoms with E-state index in [1.807, 2.05) is 43.5 Å². The molecule has 5 atom stereocenters. The summed E-state index contributed by atoms with van der Waals surface area (Å²) in [5.41, 5.74) is 1.34. The van der Waals surface area contributed by atoms with E-state index in [9.17, 15) is 20.1 Å². The first-order chi connectivity index (χ1) is 16.8. The number of aromatic nitrogens is 1. The highest BCUT2D eigenvalue weighted by atomic mass is 16.5. The number of ether oxygens (including phenoxy) is 2. The molecule has 9 nitrogen and oxygen atoms in total. The topological polar surface area (TPSA) is 116 Å². The molecule has 3 heterocycles. The number of carbonyl (C=O) groups is 1. The van der Waals surface area contributed by atoms with Crippen LogP contribution in [0.25, 0.3) is 0 Å². The molecule has 0 radical (unpaired) electrons. The van der Waals surface area contributed by atoms with Gasteiger partial charge in [-0.2, -0.15) is 0 Å². The number of benzene rings is 1. The van der Waals surface area contributed by atoms with E-state index in [1.165, 1.54) is 4.90 Å². The minimum atomic E-state index is -1.47. The highest BCUT2D eigenvalue weighted by molar-refractivity contribution is 5.81. The summed E-state index contributed by atoms with van der Waals surface area (Å²) in [6.45, 7) is 5.21. The molecule has 1 aromatic carbocycles. The van der Waals surface area contributed by atoms with Gasteiger partial charge < -0.3 is 34.6 Å². The maximum atomic E-state index is 12.6. The predicted octanol–water partition coefficient (Wildman–Crippen LogP) is 1.41. The summed E-state index contributed by atoms with van der Waals surface area (Å²) in [5, 5.41) is 29.8. The summed E-state index contributed by atoms with van der Waals surface area (Å²) in [4.78, 5) is 20.6. The SMILES string of the molecule is COc1ccc([C@@H]2CN(C(=O)[C@@H](O)CO)C[C@@]2(C)[C@@H](C)O)cc1OC1CCN(c2cccnc2)C1. The minimum Gasteiger partial charge on any atom is -0.493 e. The first-order valence-electron chi connectivity index (χ1n) is 12.0. The molecule has 3 N–H and O–H groups in total. The summed E-state index contributed by atoms with van der Waals surface area (Å²) < 4.78 is 12.0. The normalized spacial score (nSPS) is 26.0. The van der Waals surface area contributed by atoms with Gasteiger partial charge in [-0.3, -0.25) is 9.78 Å². The number of aliphatic hydroxyl groups excluding tert-OH is 3. The zero-order valence-electron chi connectivity index (χ0n) is 20.5. The van der Waals surface area contributed by atoms with E-state index < -0.39 is 30.1 Å². The van der Waals surface area contributed by atoms with Crippen molar-refractivity contribution in [1.29, 1.82) is 0 Å². The largest absolute Gasteiger partial charge is 0.493 e. The monoisotopic (exact) mass is 485 g/mol. The second kappa shape index (κ2) is 10.4. The highest BCUT2D eigenvalue weighted by Gasteiger charge is 2.49. The summed E-state index contributed by atoms with van der Waals surface area (Å²) in [6, 6.07) is 9.68. The van der Waals surface area contributed by atoms with Crippen LogP contribution in [0, 0.1) is 5.41 Å². The van der Waals surface area contributed by atoms with Gasteiger partial charge in [-0.15, -0.1) is 0 Å². The zero-order valence-corrected chi connectivity index (χ0v) is 20.5. The molecule has 35 heavy (non-hydrogen) atoms. The van der Waals surface area contributed by atoms with Crippen LogP contribution in [0.5, 0.6) is 11.5 Å². The van der Waals surface area contributed by atoms with Crippen molar-refractivity contribution in [3.05, 3.63) is 48.3 Å². The van der Waals surface area contributed by atoms with Gasteiger partial charge in [0.05, 0.1) is 38.2 Å². The Morgan fingerprint density at radius 2 is 2.06 bits per heavy atom. The molecule has 0 spiro atoms. The van der Waals surface area contributed by atoms with Gasteiger partial charge >= 0.3 is 0 Å². The number of pyridine rings is 1. The van der Waals surface area contributed by atoms with E-state index in [2.05, 4.69) is 9.88 Å². The van der Waals surface area contributed by atoms with Crippen LogP contribution in [0.15, 0.2) is 42.7 Å². The molecular formula is C26H35N3O6. The lowest BCUT2D eigenvalue weighted by molar-refractivity contribution is -0.141. The molecule has 1 unspecified atom stereocenters. The lowest BCUT2D eigenvalue weighted by Gasteiger charge is -2.34. The Bertz CT molecular complexity index is 1020. The molecule has 1 aromatic heterocycles. The average Bonchev–Trinajstić information content (AvgIpc) is 3.49. The van der Waals surface area contributed by atoms with Crippen molar-refractivity contribution in [2.75, 3.05) is 44.8 Å². The van der Waals surface area contributed by atoms with E-state index in [1.54, 1.807) is 20.2 Å². The summed E-state index contributed by atoms with van der Waals surface area (Å²) in [5.74, 6) is 0.513. The van der Waals surface area contributed by atoms with E-state index in [-0.39, 0.29) is 18.6 Å². The molecule has 0 aliphatic carbocycles. The molecule has 2 saturated heterocycles. The minimum absolute atomic E-state index is 0.0242. The zero-order chi connectivity index (χ0) is 25.2. The van der Waals surface area contributed by atoms with E-state index in [0.717, 1.165) is 30.8 Å². The van der Waals surface area contributed by atoms with Crippen LogP contribution < -0.4 is 14.4 Å². The van der Waals surface area contributed by atoms with Gasteiger partial charge in [-0.1, -0.05) is 13.0 Å². The van der Waals surface area contributed by atoms with Crippen LogP contribution in [0.3, 0.4) is 0 Å². The smallest absolute Gasteiger partial charge is 0.253 e. The Labute approximate surface area is 205 Å². The van der Waals surface area contributed by atoms with Gasteiger partial charge in [-0.25, -0.2) is 0 Å². The van der Waals surface area contributed by atoms with Gasteiger partial charge in [0.1, 0.15) is 6.10 Å². The van der Waals surface area contributed by atoms with Crippen LogP contribution in [0.2, 0.25) is 0 Å².